The highest BCUT2D eigenvalue weighted by atomic mass is 19.1. The first-order chi connectivity index (χ1) is 13.7. The molecule has 0 spiro atoms. The smallest absolute Gasteiger partial charge is 0.167 e. The Labute approximate surface area is 165 Å². The van der Waals surface area contributed by atoms with Gasteiger partial charge in [0.05, 0.1) is 12.2 Å². The van der Waals surface area contributed by atoms with Crippen molar-refractivity contribution >= 4 is 0 Å². The average molecular weight is 382 g/mol. The monoisotopic (exact) mass is 382 g/mol. The molecule has 0 saturated carbocycles. The van der Waals surface area contributed by atoms with Gasteiger partial charge in [0, 0.05) is 36.0 Å². The van der Waals surface area contributed by atoms with Crippen molar-refractivity contribution in [2.45, 2.75) is 58.7 Å². The highest BCUT2D eigenvalue weighted by molar-refractivity contribution is 5.57. The predicted octanol–water partition coefficient (Wildman–Crippen LogP) is 5.12. The molecule has 1 aromatic carbocycles. The zero-order chi connectivity index (χ0) is 19.5. The Hall–Kier alpha value is -2.47. The van der Waals surface area contributed by atoms with Gasteiger partial charge in [-0.25, -0.2) is 4.39 Å². The average Bonchev–Trinajstić information content (AvgIpc) is 3.25. The van der Waals surface area contributed by atoms with Gasteiger partial charge in [-0.1, -0.05) is 18.0 Å². The molecule has 148 valence electrons. The molecular weight excluding hydrogens is 355 g/mol. The van der Waals surface area contributed by atoms with Crippen molar-refractivity contribution in [2.75, 3.05) is 6.54 Å². The van der Waals surface area contributed by atoms with Gasteiger partial charge >= 0.3 is 0 Å². The maximum Gasteiger partial charge on any atom is 0.167 e. The molecule has 1 saturated heterocycles. The molecule has 6 heteroatoms. The summed E-state index contributed by atoms with van der Waals surface area (Å²) in [6, 6.07) is 8.59. The molecule has 0 radical (unpaired) electrons. The second-order valence-corrected chi connectivity index (χ2v) is 7.53. The van der Waals surface area contributed by atoms with Crippen LogP contribution >= 0.6 is 0 Å². The quantitative estimate of drug-likeness (QED) is 0.614. The molecule has 2 aromatic heterocycles. The van der Waals surface area contributed by atoms with Crippen molar-refractivity contribution in [3.8, 4) is 11.3 Å². The number of hydrogen-bond donors (Lipinski definition) is 0. The van der Waals surface area contributed by atoms with E-state index in [2.05, 4.69) is 29.0 Å². The Morgan fingerprint density at radius 3 is 2.75 bits per heavy atom. The van der Waals surface area contributed by atoms with Crippen LogP contribution in [0.5, 0.6) is 0 Å². The van der Waals surface area contributed by atoms with Crippen LogP contribution in [0.3, 0.4) is 0 Å². The summed E-state index contributed by atoms with van der Waals surface area (Å²) in [6.45, 7) is 7.06. The van der Waals surface area contributed by atoms with Crippen LogP contribution < -0.4 is 0 Å². The van der Waals surface area contributed by atoms with Gasteiger partial charge in [-0.2, -0.15) is 5.10 Å². The highest BCUT2D eigenvalue weighted by Crippen LogP contribution is 2.33. The molecule has 3 heterocycles. The Balaban J connectivity index is 1.58. The van der Waals surface area contributed by atoms with E-state index in [1.165, 1.54) is 42.7 Å². The summed E-state index contributed by atoms with van der Waals surface area (Å²) in [7, 11) is 0. The maximum atomic E-state index is 13.2. The number of rotatable bonds is 5. The van der Waals surface area contributed by atoms with Gasteiger partial charge in [-0.05, 0) is 57.5 Å². The molecule has 3 aromatic rings. The van der Waals surface area contributed by atoms with Crippen LogP contribution in [0.1, 0.15) is 55.6 Å². The van der Waals surface area contributed by atoms with Crippen molar-refractivity contribution < 1.29 is 8.91 Å². The third-order valence-corrected chi connectivity index (χ3v) is 5.74. The van der Waals surface area contributed by atoms with Crippen molar-refractivity contribution in [1.82, 2.24) is 19.8 Å². The SMILES string of the molecule is CCn1ncc(CN2CCCCCC2c2cc(-c3ccc(F)cc3)on2)c1C. The molecule has 28 heavy (non-hydrogen) atoms. The van der Waals surface area contributed by atoms with Crippen LogP contribution in [0, 0.1) is 12.7 Å². The standard InChI is InChI=1S/C22H27FN4O/c1-3-27-16(2)18(14-24-27)15-26-12-6-4-5-7-21(26)20-13-22(28-25-20)17-8-10-19(23)11-9-17/h8-11,13-14,21H,3-7,12,15H2,1-2H3. The summed E-state index contributed by atoms with van der Waals surface area (Å²) >= 11 is 0. The van der Waals surface area contributed by atoms with Gasteiger partial charge in [0.2, 0.25) is 0 Å². The summed E-state index contributed by atoms with van der Waals surface area (Å²) in [6.07, 6.45) is 6.68. The Morgan fingerprint density at radius 1 is 1.18 bits per heavy atom. The maximum absolute atomic E-state index is 13.2. The largest absolute Gasteiger partial charge is 0.356 e. The van der Waals surface area contributed by atoms with E-state index < -0.39 is 0 Å². The van der Waals surface area contributed by atoms with Gasteiger partial charge in [-0.15, -0.1) is 0 Å². The molecule has 1 atom stereocenters. The molecule has 1 aliphatic rings. The molecule has 0 amide bonds. The summed E-state index contributed by atoms with van der Waals surface area (Å²) < 4.78 is 20.9. The van der Waals surface area contributed by atoms with Gasteiger partial charge < -0.3 is 4.52 Å². The van der Waals surface area contributed by atoms with Crippen LogP contribution in [0.2, 0.25) is 0 Å². The van der Waals surface area contributed by atoms with E-state index in [-0.39, 0.29) is 11.9 Å². The van der Waals surface area contributed by atoms with E-state index in [9.17, 15) is 4.39 Å². The summed E-state index contributed by atoms with van der Waals surface area (Å²) in [5.74, 6) is 0.440. The molecule has 0 N–H and O–H groups in total. The molecule has 4 rings (SSSR count). The van der Waals surface area contributed by atoms with Crippen LogP contribution in [0.15, 0.2) is 41.1 Å². The third-order valence-electron chi connectivity index (χ3n) is 5.74. The van der Waals surface area contributed by atoms with Crippen LogP contribution in [0.25, 0.3) is 11.3 Å². The van der Waals surface area contributed by atoms with E-state index in [1.807, 2.05) is 16.9 Å². The van der Waals surface area contributed by atoms with Crippen molar-refractivity contribution in [3.05, 3.63) is 59.3 Å². The van der Waals surface area contributed by atoms with E-state index in [1.54, 1.807) is 12.1 Å². The Bertz CT molecular complexity index is 915. The summed E-state index contributed by atoms with van der Waals surface area (Å²) in [4.78, 5) is 2.50. The van der Waals surface area contributed by atoms with Gasteiger partial charge in [0.25, 0.3) is 0 Å². The van der Waals surface area contributed by atoms with Crippen molar-refractivity contribution in [3.63, 3.8) is 0 Å². The lowest BCUT2D eigenvalue weighted by molar-refractivity contribution is 0.183. The fourth-order valence-electron chi connectivity index (χ4n) is 4.07. The third kappa shape index (κ3) is 3.87. The number of nitrogens with zero attached hydrogens (tertiary/aromatic N) is 4. The molecular formula is C22H27FN4O. The molecule has 1 aliphatic heterocycles. The number of likely N-dealkylation sites (tertiary alicyclic amines) is 1. The van der Waals surface area contributed by atoms with Gasteiger partial charge in [0.15, 0.2) is 5.76 Å². The molecule has 1 fully saturated rings. The minimum absolute atomic E-state index is 0.227. The number of benzene rings is 1. The number of hydrogen-bond acceptors (Lipinski definition) is 4. The van der Waals surface area contributed by atoms with Crippen molar-refractivity contribution in [1.29, 1.82) is 0 Å². The molecule has 5 nitrogen and oxygen atoms in total. The van der Waals surface area contributed by atoms with E-state index in [0.29, 0.717) is 5.76 Å². The van der Waals surface area contributed by atoms with Crippen LogP contribution in [-0.4, -0.2) is 26.4 Å². The highest BCUT2D eigenvalue weighted by Gasteiger charge is 2.27. The Morgan fingerprint density at radius 2 is 2.00 bits per heavy atom. The van der Waals surface area contributed by atoms with Crippen LogP contribution in [0.4, 0.5) is 4.39 Å². The molecule has 0 bridgehead atoms. The fourth-order valence-corrected chi connectivity index (χ4v) is 4.07. The number of aryl methyl sites for hydroxylation is 1. The minimum atomic E-state index is -0.249. The summed E-state index contributed by atoms with van der Waals surface area (Å²) in [5, 5.41) is 8.88. The number of aromatic nitrogens is 3. The van der Waals surface area contributed by atoms with Gasteiger partial charge in [-0.3, -0.25) is 9.58 Å². The van der Waals surface area contributed by atoms with Crippen LogP contribution in [-0.2, 0) is 13.1 Å². The second kappa shape index (κ2) is 8.27. The first-order valence-corrected chi connectivity index (χ1v) is 10.1. The minimum Gasteiger partial charge on any atom is -0.356 e. The van der Waals surface area contributed by atoms with Crippen molar-refractivity contribution in [2.24, 2.45) is 0 Å². The number of halogens is 1. The lowest BCUT2D eigenvalue weighted by Gasteiger charge is -2.28. The normalized spacial score (nSPS) is 18.3. The van der Waals surface area contributed by atoms with E-state index in [4.69, 9.17) is 4.52 Å². The first kappa shape index (κ1) is 18.9. The molecule has 1 unspecified atom stereocenters. The first-order valence-electron chi connectivity index (χ1n) is 10.1. The Kier molecular flexibility index (Phi) is 5.57. The lowest BCUT2D eigenvalue weighted by atomic mass is 10.0. The zero-order valence-electron chi connectivity index (χ0n) is 16.6. The van der Waals surface area contributed by atoms with E-state index >= 15 is 0 Å². The fraction of sp³-hybridized carbons (Fsp3) is 0.455. The lowest BCUT2D eigenvalue weighted by Crippen LogP contribution is -2.28. The van der Waals surface area contributed by atoms with Gasteiger partial charge in [0.1, 0.15) is 11.5 Å². The topological polar surface area (TPSA) is 47.1 Å². The zero-order valence-corrected chi connectivity index (χ0v) is 16.6. The predicted molar refractivity (Wildman–Crippen MR) is 106 cm³/mol. The molecule has 0 aliphatic carbocycles. The van der Waals surface area contributed by atoms with E-state index in [0.717, 1.165) is 37.3 Å². The summed E-state index contributed by atoms with van der Waals surface area (Å²) in [5.41, 5.74) is 4.32. The second-order valence-electron chi connectivity index (χ2n) is 7.53.